The second kappa shape index (κ2) is 14.3. The lowest BCUT2D eigenvalue weighted by atomic mass is 10.1. The second-order valence-electron chi connectivity index (χ2n) is 8.15. The van der Waals surface area contributed by atoms with Gasteiger partial charge >= 0.3 is 11.9 Å². The molecule has 1 aromatic carbocycles. The molecule has 0 aliphatic rings. The van der Waals surface area contributed by atoms with Crippen LogP contribution in [-0.4, -0.2) is 55.3 Å². The standard InChI is InChI=1S/C26H30N4O6/c31-25(32)21-9-10-22(35-15-5-1-3-7-19-11-13-27-17-29-19)24(23(21)26(33)34)36-16-6-2-4-8-20-12-14-28-18-30-20/h9-14,17-18H,1-8,15-16H2,(H,31,32)(H,33,34). The van der Waals surface area contributed by atoms with Gasteiger partial charge in [0.15, 0.2) is 11.5 Å². The number of aryl methyl sites for hydroxylation is 2. The molecule has 2 aromatic heterocycles. The van der Waals surface area contributed by atoms with E-state index in [1.54, 1.807) is 12.4 Å². The predicted molar refractivity (Wildman–Crippen MR) is 131 cm³/mol. The van der Waals surface area contributed by atoms with Crippen LogP contribution in [0.3, 0.4) is 0 Å². The fourth-order valence-electron chi connectivity index (χ4n) is 3.67. The minimum Gasteiger partial charge on any atom is -0.490 e. The summed E-state index contributed by atoms with van der Waals surface area (Å²) in [7, 11) is 0. The number of rotatable bonds is 16. The fourth-order valence-corrected chi connectivity index (χ4v) is 3.67. The summed E-state index contributed by atoms with van der Waals surface area (Å²) in [5.74, 6) is -2.52. The van der Waals surface area contributed by atoms with Gasteiger partial charge in [-0.15, -0.1) is 0 Å². The lowest BCUT2D eigenvalue weighted by Gasteiger charge is -2.16. The number of aromatic nitrogens is 4. The average molecular weight is 495 g/mol. The topological polar surface area (TPSA) is 145 Å². The quantitative estimate of drug-likeness (QED) is 0.277. The molecule has 2 N–H and O–H groups in total. The maximum atomic E-state index is 11.9. The predicted octanol–water partition coefficient (Wildman–Crippen LogP) is 4.25. The molecule has 0 spiro atoms. The first-order valence-corrected chi connectivity index (χ1v) is 11.9. The highest BCUT2D eigenvalue weighted by molar-refractivity contribution is 6.04. The Morgan fingerprint density at radius 2 is 1.28 bits per heavy atom. The molecule has 0 radical (unpaired) electrons. The maximum Gasteiger partial charge on any atom is 0.340 e. The molecule has 2 heterocycles. The molecule has 0 bridgehead atoms. The van der Waals surface area contributed by atoms with Crippen LogP contribution < -0.4 is 9.47 Å². The van der Waals surface area contributed by atoms with Gasteiger partial charge in [0.2, 0.25) is 0 Å². The van der Waals surface area contributed by atoms with Crippen LogP contribution in [0.1, 0.15) is 70.6 Å². The van der Waals surface area contributed by atoms with E-state index in [9.17, 15) is 19.8 Å². The van der Waals surface area contributed by atoms with Gasteiger partial charge in [0.25, 0.3) is 0 Å². The summed E-state index contributed by atoms with van der Waals surface area (Å²) < 4.78 is 11.6. The van der Waals surface area contributed by atoms with Crippen molar-refractivity contribution in [2.24, 2.45) is 0 Å². The first-order valence-electron chi connectivity index (χ1n) is 11.9. The number of hydrogen-bond acceptors (Lipinski definition) is 8. The third kappa shape index (κ3) is 8.30. The van der Waals surface area contributed by atoms with E-state index in [0.29, 0.717) is 13.0 Å². The van der Waals surface area contributed by atoms with E-state index >= 15 is 0 Å². The maximum absolute atomic E-state index is 11.9. The van der Waals surface area contributed by atoms with Crippen LogP contribution in [0.5, 0.6) is 11.5 Å². The van der Waals surface area contributed by atoms with Crippen LogP contribution in [-0.2, 0) is 12.8 Å². The Kier molecular flexibility index (Phi) is 10.6. The van der Waals surface area contributed by atoms with Crippen molar-refractivity contribution in [2.45, 2.75) is 51.4 Å². The van der Waals surface area contributed by atoms with E-state index in [0.717, 1.165) is 56.3 Å². The molecule has 0 amide bonds. The zero-order chi connectivity index (χ0) is 25.6. The zero-order valence-electron chi connectivity index (χ0n) is 20.0. The second-order valence-corrected chi connectivity index (χ2v) is 8.15. The van der Waals surface area contributed by atoms with Crippen molar-refractivity contribution in [3.63, 3.8) is 0 Å². The van der Waals surface area contributed by atoms with Crippen LogP contribution in [0.25, 0.3) is 0 Å². The lowest BCUT2D eigenvalue weighted by Crippen LogP contribution is -2.13. The fraction of sp³-hybridized carbons (Fsp3) is 0.385. The summed E-state index contributed by atoms with van der Waals surface area (Å²) in [4.78, 5) is 39.7. The molecule has 10 heteroatoms. The minimum absolute atomic E-state index is 0.0424. The van der Waals surface area contributed by atoms with Crippen LogP contribution in [0.2, 0.25) is 0 Å². The van der Waals surface area contributed by atoms with E-state index < -0.39 is 17.5 Å². The summed E-state index contributed by atoms with van der Waals surface area (Å²) in [6.07, 6.45) is 13.1. The largest absolute Gasteiger partial charge is 0.490 e. The number of benzene rings is 1. The molecule has 0 aliphatic heterocycles. The first-order chi connectivity index (χ1) is 17.6. The Hall–Kier alpha value is -4.08. The van der Waals surface area contributed by atoms with Gasteiger partial charge in [-0.3, -0.25) is 0 Å². The summed E-state index contributed by atoms with van der Waals surface area (Å²) in [6, 6.07) is 6.45. The number of nitrogens with zero attached hydrogens (tertiary/aromatic N) is 4. The van der Waals surface area contributed by atoms with Crippen LogP contribution in [0.4, 0.5) is 0 Å². The van der Waals surface area contributed by atoms with Gasteiger partial charge in [-0.25, -0.2) is 29.5 Å². The monoisotopic (exact) mass is 494 g/mol. The van der Waals surface area contributed by atoms with Crippen molar-refractivity contribution in [3.05, 3.63) is 71.8 Å². The van der Waals surface area contributed by atoms with Gasteiger partial charge in [-0.05, 0) is 75.6 Å². The smallest absolute Gasteiger partial charge is 0.340 e. The SMILES string of the molecule is O=C(O)c1ccc(OCCCCCc2ccncn2)c(OCCCCCc2ccncn2)c1C(=O)O. The summed E-state index contributed by atoms with van der Waals surface area (Å²) in [6.45, 7) is 0.590. The Morgan fingerprint density at radius 1 is 0.694 bits per heavy atom. The average Bonchev–Trinajstić information content (AvgIpc) is 2.89. The summed E-state index contributed by atoms with van der Waals surface area (Å²) >= 11 is 0. The van der Waals surface area contributed by atoms with Crippen molar-refractivity contribution in [2.75, 3.05) is 13.2 Å². The highest BCUT2D eigenvalue weighted by Gasteiger charge is 2.25. The molecular formula is C26H30N4O6. The van der Waals surface area contributed by atoms with Gasteiger partial charge in [0, 0.05) is 23.8 Å². The minimum atomic E-state index is -1.37. The van der Waals surface area contributed by atoms with E-state index in [1.807, 2.05) is 12.1 Å². The van der Waals surface area contributed by atoms with Gasteiger partial charge in [0.1, 0.15) is 18.2 Å². The van der Waals surface area contributed by atoms with Gasteiger partial charge < -0.3 is 19.7 Å². The molecule has 0 saturated carbocycles. The zero-order valence-corrected chi connectivity index (χ0v) is 20.0. The van der Waals surface area contributed by atoms with Crippen LogP contribution in [0, 0.1) is 0 Å². The third-order valence-electron chi connectivity index (χ3n) is 5.51. The number of hydrogen-bond donors (Lipinski definition) is 2. The van der Waals surface area contributed by atoms with Crippen molar-refractivity contribution in [3.8, 4) is 11.5 Å². The number of carboxylic acid groups (broad SMARTS) is 2. The summed E-state index contributed by atoms with van der Waals surface area (Å²) in [5, 5.41) is 19.2. The Morgan fingerprint density at radius 3 is 1.78 bits per heavy atom. The van der Waals surface area contributed by atoms with Crippen molar-refractivity contribution in [1.82, 2.24) is 19.9 Å². The molecule has 0 fully saturated rings. The Balaban J connectivity index is 1.53. The highest BCUT2D eigenvalue weighted by Crippen LogP contribution is 2.34. The first kappa shape index (κ1) is 26.5. The molecule has 0 unspecified atom stereocenters. The van der Waals surface area contributed by atoms with E-state index in [4.69, 9.17) is 9.47 Å². The number of carbonyl (C=O) groups is 2. The normalized spacial score (nSPS) is 10.7. The molecule has 36 heavy (non-hydrogen) atoms. The number of carboxylic acids is 2. The van der Waals surface area contributed by atoms with Gasteiger partial charge in [-0.2, -0.15) is 0 Å². The van der Waals surface area contributed by atoms with E-state index in [1.165, 1.54) is 24.8 Å². The van der Waals surface area contributed by atoms with Crippen LogP contribution >= 0.6 is 0 Å². The molecule has 0 aliphatic carbocycles. The van der Waals surface area contributed by atoms with Crippen molar-refractivity contribution in [1.29, 1.82) is 0 Å². The highest BCUT2D eigenvalue weighted by atomic mass is 16.5. The van der Waals surface area contributed by atoms with E-state index in [-0.39, 0.29) is 23.7 Å². The number of unbranched alkanes of at least 4 members (excludes halogenated alkanes) is 4. The molecular weight excluding hydrogens is 464 g/mol. The van der Waals surface area contributed by atoms with Crippen molar-refractivity contribution >= 4 is 11.9 Å². The molecule has 3 aromatic rings. The molecule has 10 nitrogen and oxygen atoms in total. The molecule has 0 saturated heterocycles. The summed E-state index contributed by atoms with van der Waals surface area (Å²) in [5.41, 5.74) is 1.21. The molecule has 190 valence electrons. The lowest BCUT2D eigenvalue weighted by molar-refractivity contribution is 0.0646. The van der Waals surface area contributed by atoms with Gasteiger partial charge in [-0.1, -0.05) is 0 Å². The third-order valence-corrected chi connectivity index (χ3v) is 5.51. The number of aromatic carboxylic acids is 2. The molecule has 0 atom stereocenters. The Labute approximate surface area is 209 Å². The van der Waals surface area contributed by atoms with E-state index in [2.05, 4.69) is 19.9 Å². The van der Waals surface area contributed by atoms with Crippen molar-refractivity contribution < 1.29 is 29.3 Å². The molecule has 3 rings (SSSR count). The Bertz CT molecular complexity index is 1110. The van der Waals surface area contributed by atoms with Gasteiger partial charge in [0.05, 0.1) is 18.8 Å². The van der Waals surface area contributed by atoms with Crippen LogP contribution in [0.15, 0.2) is 49.3 Å². The number of ether oxygens (including phenoxy) is 2.